The topological polar surface area (TPSA) is 79.9 Å². The van der Waals surface area contributed by atoms with Gasteiger partial charge >= 0.3 is 0 Å². The summed E-state index contributed by atoms with van der Waals surface area (Å²) < 4.78 is 53.3. The number of amides is 1. The molecular weight excluding hydrogens is 463 g/mol. The summed E-state index contributed by atoms with van der Waals surface area (Å²) in [5.41, 5.74) is 0.825. The number of carbonyl (C=O) groups excluding carboxylic acids is 2. The van der Waals surface area contributed by atoms with Gasteiger partial charge < -0.3 is 25.0 Å². The van der Waals surface area contributed by atoms with Crippen LogP contribution in [-0.4, -0.2) is 49.4 Å². The van der Waals surface area contributed by atoms with Crippen molar-refractivity contribution in [3.8, 4) is 11.5 Å². The average Bonchev–Trinajstić information content (AvgIpc) is 2.99. The van der Waals surface area contributed by atoms with E-state index < -0.39 is 29.5 Å². The van der Waals surface area contributed by atoms with Crippen LogP contribution >= 0.6 is 0 Å². The van der Waals surface area contributed by atoms with Gasteiger partial charge in [-0.2, -0.15) is 4.39 Å². The summed E-state index contributed by atoms with van der Waals surface area (Å²) in [6.07, 6.45) is 4.56. The number of allylic oxidation sites excluding steroid dienone is 2. The highest BCUT2D eigenvalue weighted by Gasteiger charge is 2.34. The van der Waals surface area contributed by atoms with Crippen LogP contribution < -0.4 is 20.1 Å². The van der Waals surface area contributed by atoms with Crippen LogP contribution in [0.25, 0.3) is 0 Å². The normalized spacial score (nSPS) is 19.4. The van der Waals surface area contributed by atoms with E-state index in [2.05, 4.69) is 10.6 Å². The molecule has 1 unspecified atom stereocenters. The molecule has 3 aliphatic heterocycles. The Labute approximate surface area is 199 Å². The van der Waals surface area contributed by atoms with E-state index in [1.807, 2.05) is 0 Å². The van der Waals surface area contributed by atoms with Gasteiger partial charge in [0.05, 0.1) is 30.4 Å². The van der Waals surface area contributed by atoms with E-state index in [1.54, 1.807) is 18.2 Å². The Kier molecular flexibility index (Phi) is 6.10. The minimum absolute atomic E-state index is 0.0364. The molecule has 1 atom stereocenters. The van der Waals surface area contributed by atoms with E-state index in [-0.39, 0.29) is 48.5 Å². The number of fused-ring (bicyclic) bond motifs is 1. The van der Waals surface area contributed by atoms with Crippen LogP contribution in [0.5, 0.6) is 11.5 Å². The minimum atomic E-state index is -0.732. The van der Waals surface area contributed by atoms with Crippen LogP contribution in [0.15, 0.2) is 54.5 Å². The Bertz CT molecular complexity index is 1240. The van der Waals surface area contributed by atoms with Gasteiger partial charge in [0.2, 0.25) is 0 Å². The van der Waals surface area contributed by atoms with Crippen molar-refractivity contribution in [3.05, 3.63) is 77.3 Å². The van der Waals surface area contributed by atoms with E-state index in [1.165, 1.54) is 29.2 Å². The number of halogens is 3. The van der Waals surface area contributed by atoms with Gasteiger partial charge in [-0.25, -0.2) is 8.78 Å². The highest BCUT2D eigenvalue weighted by Crippen LogP contribution is 2.32. The molecule has 0 spiro atoms. The number of Topliss-reactive ketones (excluding diaryl/α,β-unsaturated/α-hetero) is 1. The number of benzene rings is 2. The van der Waals surface area contributed by atoms with E-state index >= 15 is 0 Å². The monoisotopic (exact) mass is 485 g/mol. The first-order valence-corrected chi connectivity index (χ1v) is 11.1. The van der Waals surface area contributed by atoms with E-state index in [0.29, 0.717) is 24.3 Å². The summed E-state index contributed by atoms with van der Waals surface area (Å²) in [7, 11) is 0. The maximum Gasteiger partial charge on any atom is 0.256 e. The number of ketones is 1. The van der Waals surface area contributed by atoms with Crippen LogP contribution in [0.2, 0.25) is 0 Å². The molecule has 0 saturated carbocycles. The highest BCUT2D eigenvalue weighted by molar-refractivity contribution is 5.97. The van der Waals surface area contributed by atoms with E-state index in [9.17, 15) is 22.8 Å². The number of hydrogen-bond acceptors (Lipinski definition) is 6. The maximum absolute atomic E-state index is 14.5. The molecule has 35 heavy (non-hydrogen) atoms. The highest BCUT2D eigenvalue weighted by atomic mass is 19.1. The Morgan fingerprint density at radius 1 is 1.14 bits per heavy atom. The number of nitrogens with zero attached hydrogens (tertiary/aromatic N) is 1. The lowest BCUT2D eigenvalue weighted by Crippen LogP contribution is -2.52. The van der Waals surface area contributed by atoms with Crippen LogP contribution in [0.4, 0.5) is 18.9 Å². The number of dihydropyridines is 1. The van der Waals surface area contributed by atoms with Gasteiger partial charge in [0.1, 0.15) is 18.2 Å². The number of hydrogen-bond donors (Lipinski definition) is 2. The number of rotatable bonds is 5. The Morgan fingerprint density at radius 3 is 2.74 bits per heavy atom. The fourth-order valence-electron chi connectivity index (χ4n) is 4.12. The third kappa shape index (κ3) is 4.82. The van der Waals surface area contributed by atoms with Crippen LogP contribution in [0.1, 0.15) is 22.0 Å². The molecular formula is C25H22F3N3O4. The van der Waals surface area contributed by atoms with Gasteiger partial charge in [-0.1, -0.05) is 18.2 Å². The second kappa shape index (κ2) is 9.36. The molecule has 0 bridgehead atoms. The first-order chi connectivity index (χ1) is 16.9. The van der Waals surface area contributed by atoms with Gasteiger partial charge in [-0.15, -0.1) is 0 Å². The molecule has 10 heteroatoms. The molecule has 1 fully saturated rings. The number of anilines is 1. The number of likely N-dealkylation sites (tertiary alicyclic amines) is 1. The van der Waals surface area contributed by atoms with Gasteiger partial charge in [-0.3, -0.25) is 9.59 Å². The molecule has 0 aromatic heterocycles. The SMILES string of the molecule is O=C1CNc2cc(C(=O)N3CC(COc4ccc(C5C=CC=C(F)N5)cc4F)C3)c(F)cc2OC1. The van der Waals surface area contributed by atoms with Gasteiger partial charge in [0, 0.05) is 25.1 Å². The predicted molar refractivity (Wildman–Crippen MR) is 121 cm³/mol. The lowest BCUT2D eigenvalue weighted by Gasteiger charge is -2.39. The Balaban J connectivity index is 1.15. The second-order valence-electron chi connectivity index (χ2n) is 8.61. The lowest BCUT2D eigenvalue weighted by molar-refractivity contribution is -0.119. The van der Waals surface area contributed by atoms with Crippen molar-refractivity contribution < 1.29 is 32.2 Å². The standard InChI is InChI=1S/C25H22F3N3O4/c26-18-8-23-21(29-9-16(32)13-35-23)7-17(18)25(33)31-10-14(11-31)12-34-22-5-4-15(6-19(22)27)20-2-1-3-24(28)30-20/h1-8,14,20,29-30H,9-13H2. The molecule has 7 nitrogen and oxygen atoms in total. The zero-order valence-electron chi connectivity index (χ0n) is 18.5. The molecule has 1 saturated heterocycles. The predicted octanol–water partition coefficient (Wildman–Crippen LogP) is 3.50. The van der Waals surface area contributed by atoms with Crippen molar-refractivity contribution in [2.75, 3.05) is 38.2 Å². The minimum Gasteiger partial charge on any atom is -0.490 e. The smallest absolute Gasteiger partial charge is 0.256 e. The fourth-order valence-corrected chi connectivity index (χ4v) is 4.12. The van der Waals surface area contributed by atoms with Crippen LogP contribution in [0.3, 0.4) is 0 Å². The third-order valence-electron chi connectivity index (χ3n) is 6.04. The molecule has 5 rings (SSSR count). The maximum atomic E-state index is 14.5. The van der Waals surface area contributed by atoms with Crippen molar-refractivity contribution in [2.24, 2.45) is 5.92 Å². The Hall–Kier alpha value is -3.95. The first-order valence-electron chi connectivity index (χ1n) is 11.1. The molecule has 2 aromatic carbocycles. The van der Waals surface area contributed by atoms with Crippen molar-refractivity contribution in [1.82, 2.24) is 10.2 Å². The van der Waals surface area contributed by atoms with Crippen LogP contribution in [0, 0.1) is 17.6 Å². The molecule has 182 valence electrons. The zero-order chi connectivity index (χ0) is 24.5. The lowest BCUT2D eigenvalue weighted by atomic mass is 9.99. The molecule has 3 aliphatic rings. The molecule has 0 aliphatic carbocycles. The average molecular weight is 485 g/mol. The summed E-state index contributed by atoms with van der Waals surface area (Å²) >= 11 is 0. The summed E-state index contributed by atoms with van der Waals surface area (Å²) in [5, 5.41) is 5.47. The van der Waals surface area contributed by atoms with Crippen molar-refractivity contribution in [1.29, 1.82) is 0 Å². The number of carbonyl (C=O) groups is 2. The van der Waals surface area contributed by atoms with Gasteiger partial charge in [0.15, 0.2) is 23.3 Å². The van der Waals surface area contributed by atoms with Gasteiger partial charge in [-0.05, 0) is 29.8 Å². The second-order valence-corrected chi connectivity index (χ2v) is 8.61. The van der Waals surface area contributed by atoms with Crippen molar-refractivity contribution in [3.63, 3.8) is 0 Å². The number of ether oxygens (including phenoxy) is 2. The zero-order valence-corrected chi connectivity index (χ0v) is 18.5. The van der Waals surface area contributed by atoms with E-state index in [4.69, 9.17) is 9.47 Å². The molecule has 3 heterocycles. The number of nitrogens with one attached hydrogen (secondary N) is 2. The molecule has 1 amide bonds. The Morgan fingerprint density at radius 2 is 1.97 bits per heavy atom. The third-order valence-corrected chi connectivity index (χ3v) is 6.04. The first kappa shape index (κ1) is 22.8. The van der Waals surface area contributed by atoms with Crippen LogP contribution in [-0.2, 0) is 4.79 Å². The van der Waals surface area contributed by atoms with E-state index in [0.717, 1.165) is 6.07 Å². The molecule has 2 aromatic rings. The van der Waals surface area contributed by atoms with Gasteiger partial charge in [0.25, 0.3) is 5.91 Å². The van der Waals surface area contributed by atoms with Crippen molar-refractivity contribution in [2.45, 2.75) is 6.04 Å². The molecule has 0 radical (unpaired) electrons. The summed E-state index contributed by atoms with van der Waals surface area (Å²) in [6, 6.07) is 6.42. The quantitative estimate of drug-likeness (QED) is 0.632. The fraction of sp³-hybridized carbons (Fsp3) is 0.280. The summed E-state index contributed by atoms with van der Waals surface area (Å²) in [4.78, 5) is 25.8. The van der Waals surface area contributed by atoms with Crippen molar-refractivity contribution >= 4 is 17.4 Å². The summed E-state index contributed by atoms with van der Waals surface area (Å²) in [5.74, 6) is -2.25. The largest absolute Gasteiger partial charge is 0.490 e. The molecule has 2 N–H and O–H groups in total. The summed E-state index contributed by atoms with van der Waals surface area (Å²) in [6.45, 7) is 0.728.